The molecule has 0 spiro atoms. The summed E-state index contributed by atoms with van der Waals surface area (Å²) < 4.78 is 2.77. The second kappa shape index (κ2) is 10.9. The van der Waals surface area contributed by atoms with Crippen molar-refractivity contribution in [2.75, 3.05) is 0 Å². The smallest absolute Gasteiger partial charge is 0.266 e. The first-order chi connectivity index (χ1) is 19.5. The summed E-state index contributed by atoms with van der Waals surface area (Å²) in [5.74, 6) is 0.0667. The number of rotatable bonds is 6. The van der Waals surface area contributed by atoms with Gasteiger partial charge in [-0.1, -0.05) is 77.8 Å². The monoisotopic (exact) mass is 563 g/mol. The van der Waals surface area contributed by atoms with Crippen molar-refractivity contribution in [2.45, 2.75) is 12.7 Å². The van der Waals surface area contributed by atoms with Crippen molar-refractivity contribution < 1.29 is 4.79 Å². The average molecular weight is 564 g/mol. The summed E-state index contributed by atoms with van der Waals surface area (Å²) >= 11 is 7.83. The summed E-state index contributed by atoms with van der Waals surface area (Å²) in [4.78, 5) is 42.7. The van der Waals surface area contributed by atoms with Crippen LogP contribution in [0.15, 0.2) is 95.9 Å². The lowest BCUT2D eigenvalue weighted by atomic mass is 10.0. The van der Waals surface area contributed by atoms with E-state index in [0.717, 1.165) is 27.6 Å². The molecule has 3 heterocycles. The molecule has 3 aromatic heterocycles. The number of pyridine rings is 2. The third-order valence-electron chi connectivity index (χ3n) is 6.39. The van der Waals surface area contributed by atoms with E-state index in [2.05, 4.69) is 20.8 Å². The molecule has 2 N–H and O–H groups in total. The number of carbonyl (C=O) groups is 1. The first-order valence-electron chi connectivity index (χ1n) is 12.5. The van der Waals surface area contributed by atoms with Gasteiger partial charge in [-0.25, -0.2) is 9.97 Å². The van der Waals surface area contributed by atoms with Gasteiger partial charge in [-0.2, -0.15) is 0 Å². The molecule has 7 nitrogen and oxygen atoms in total. The SMILES string of the molecule is Cc1cccc(CSNC(=O)c2cc3nc(-c4cc(Cl)c5ncccc5c4)c(-c4ccccc4)nc3[nH]c2=O)c1. The second-order valence-corrected chi connectivity index (χ2v) is 10.5. The fourth-order valence-electron chi connectivity index (χ4n) is 4.51. The van der Waals surface area contributed by atoms with E-state index in [9.17, 15) is 9.59 Å². The summed E-state index contributed by atoms with van der Waals surface area (Å²) in [5.41, 5.74) is 5.70. The van der Waals surface area contributed by atoms with E-state index in [0.29, 0.717) is 33.2 Å². The minimum atomic E-state index is -0.540. The fourth-order valence-corrected chi connectivity index (χ4v) is 5.45. The molecule has 0 saturated heterocycles. The van der Waals surface area contributed by atoms with E-state index >= 15 is 0 Å². The minimum absolute atomic E-state index is 0.0438. The highest BCUT2D eigenvalue weighted by Gasteiger charge is 2.19. The molecular weight excluding hydrogens is 542 g/mol. The molecule has 6 rings (SSSR count). The Morgan fingerprint density at radius 2 is 1.75 bits per heavy atom. The van der Waals surface area contributed by atoms with Crippen molar-refractivity contribution in [3.63, 3.8) is 0 Å². The highest BCUT2D eigenvalue weighted by Crippen LogP contribution is 2.34. The van der Waals surface area contributed by atoms with Crippen LogP contribution >= 0.6 is 23.5 Å². The molecule has 1 amide bonds. The molecule has 0 aliphatic carbocycles. The van der Waals surface area contributed by atoms with E-state index in [4.69, 9.17) is 21.6 Å². The Hall–Kier alpha value is -4.53. The van der Waals surface area contributed by atoms with Gasteiger partial charge in [0.05, 0.1) is 21.9 Å². The van der Waals surface area contributed by atoms with Crippen molar-refractivity contribution >= 4 is 51.5 Å². The molecule has 0 aliphatic rings. The van der Waals surface area contributed by atoms with E-state index in [1.165, 1.54) is 18.0 Å². The van der Waals surface area contributed by atoms with E-state index < -0.39 is 11.5 Å². The molecule has 0 bridgehead atoms. The number of hydrogen-bond acceptors (Lipinski definition) is 6. The molecule has 0 atom stereocenters. The highest BCUT2D eigenvalue weighted by atomic mass is 35.5. The molecule has 0 saturated carbocycles. The van der Waals surface area contributed by atoms with Crippen molar-refractivity contribution in [3.8, 4) is 22.5 Å². The number of H-pyrrole nitrogens is 1. The van der Waals surface area contributed by atoms with Crippen molar-refractivity contribution in [3.05, 3.63) is 123 Å². The van der Waals surface area contributed by atoms with Gasteiger partial charge in [0.2, 0.25) is 0 Å². The predicted molar refractivity (Wildman–Crippen MR) is 161 cm³/mol. The third kappa shape index (κ3) is 5.19. The number of hydrogen-bond donors (Lipinski definition) is 2. The summed E-state index contributed by atoms with van der Waals surface area (Å²) in [5, 5.41) is 1.35. The molecule has 0 unspecified atom stereocenters. The lowest BCUT2D eigenvalue weighted by Crippen LogP contribution is -2.25. The summed E-state index contributed by atoms with van der Waals surface area (Å²) in [6.07, 6.45) is 1.70. The van der Waals surface area contributed by atoms with Crippen molar-refractivity contribution in [1.82, 2.24) is 24.7 Å². The van der Waals surface area contributed by atoms with Crippen LogP contribution < -0.4 is 10.3 Å². The van der Waals surface area contributed by atoms with Crippen LogP contribution in [0.25, 0.3) is 44.6 Å². The normalized spacial score (nSPS) is 11.2. The zero-order valence-corrected chi connectivity index (χ0v) is 22.9. The number of benzene rings is 3. The topological polar surface area (TPSA) is 101 Å². The predicted octanol–water partition coefficient (Wildman–Crippen LogP) is 6.74. The first kappa shape index (κ1) is 25.7. The van der Waals surface area contributed by atoms with Crippen molar-refractivity contribution in [1.29, 1.82) is 0 Å². The zero-order valence-electron chi connectivity index (χ0n) is 21.3. The quantitative estimate of drug-likeness (QED) is 0.218. The Kier molecular flexibility index (Phi) is 7.02. The van der Waals surface area contributed by atoms with Crippen LogP contribution in [0.3, 0.4) is 0 Å². The van der Waals surface area contributed by atoms with Gasteiger partial charge in [0.1, 0.15) is 11.1 Å². The maximum Gasteiger partial charge on any atom is 0.266 e. The van der Waals surface area contributed by atoms with Gasteiger partial charge in [0.15, 0.2) is 5.65 Å². The maximum absolute atomic E-state index is 13.0. The van der Waals surface area contributed by atoms with Gasteiger partial charge in [0, 0.05) is 28.5 Å². The van der Waals surface area contributed by atoms with Crippen LogP contribution in [0, 0.1) is 6.92 Å². The highest BCUT2D eigenvalue weighted by molar-refractivity contribution is 7.97. The minimum Gasteiger partial charge on any atom is -0.305 e. The molecule has 6 aromatic rings. The van der Waals surface area contributed by atoms with Crippen LogP contribution in [0.1, 0.15) is 21.5 Å². The first-order valence-corrected chi connectivity index (χ1v) is 13.9. The van der Waals surface area contributed by atoms with E-state index in [-0.39, 0.29) is 11.2 Å². The van der Waals surface area contributed by atoms with Crippen molar-refractivity contribution in [2.24, 2.45) is 0 Å². The number of aromatic amines is 1. The Bertz CT molecular complexity index is 1960. The summed E-state index contributed by atoms with van der Waals surface area (Å²) in [6, 6.07) is 26.6. The van der Waals surface area contributed by atoms with Gasteiger partial charge in [-0.15, -0.1) is 0 Å². The number of aryl methyl sites for hydroxylation is 1. The molecule has 3 aromatic carbocycles. The number of fused-ring (bicyclic) bond motifs is 2. The molecule has 40 heavy (non-hydrogen) atoms. The van der Waals surface area contributed by atoms with Gasteiger partial charge in [-0.05, 0) is 48.7 Å². The van der Waals surface area contributed by atoms with Crippen LogP contribution in [-0.2, 0) is 5.75 Å². The number of nitrogens with one attached hydrogen (secondary N) is 2. The largest absolute Gasteiger partial charge is 0.305 e. The Morgan fingerprint density at radius 1 is 0.925 bits per heavy atom. The molecule has 0 radical (unpaired) electrons. The van der Waals surface area contributed by atoms with Gasteiger partial charge >= 0.3 is 0 Å². The molecule has 196 valence electrons. The molecule has 9 heteroatoms. The second-order valence-electron chi connectivity index (χ2n) is 9.27. The third-order valence-corrected chi connectivity index (χ3v) is 7.49. The van der Waals surface area contributed by atoms with Gasteiger partial charge in [0.25, 0.3) is 11.5 Å². The lowest BCUT2D eigenvalue weighted by molar-refractivity contribution is 0.0983. The Balaban J connectivity index is 1.42. The number of carbonyl (C=O) groups excluding carboxylic acids is 1. The lowest BCUT2D eigenvalue weighted by Gasteiger charge is -2.12. The number of aromatic nitrogens is 4. The number of halogens is 1. The van der Waals surface area contributed by atoms with Crippen LogP contribution in [0.2, 0.25) is 5.02 Å². The van der Waals surface area contributed by atoms with E-state index in [1.54, 1.807) is 12.3 Å². The van der Waals surface area contributed by atoms with Gasteiger partial charge in [-0.3, -0.25) is 19.3 Å². The fraction of sp³-hybridized carbons (Fsp3) is 0.0645. The Morgan fingerprint density at radius 3 is 2.58 bits per heavy atom. The van der Waals surface area contributed by atoms with Gasteiger partial charge < -0.3 is 4.98 Å². The Labute approximate surface area is 238 Å². The standard InChI is InChI=1S/C31H22ClN5O2S/c1-18-7-5-8-19(13-18)17-40-37-31(39)23-16-25-29(36-30(23)38)35-27(20-9-3-2-4-10-20)28(34-25)22-14-21-11-6-12-33-26(21)24(32)15-22/h2-16H,17H2,1H3,(H,37,39)(H,35,36,38). The number of amides is 1. The average Bonchev–Trinajstić information content (AvgIpc) is 2.96. The van der Waals surface area contributed by atoms with E-state index in [1.807, 2.05) is 73.7 Å². The molecular formula is C31H22ClN5O2S. The summed E-state index contributed by atoms with van der Waals surface area (Å²) in [6.45, 7) is 2.02. The molecule has 0 aliphatic heterocycles. The summed E-state index contributed by atoms with van der Waals surface area (Å²) in [7, 11) is 0. The number of nitrogens with zero attached hydrogens (tertiary/aromatic N) is 3. The zero-order chi connectivity index (χ0) is 27.6. The van der Waals surface area contributed by atoms with Crippen LogP contribution in [0.5, 0.6) is 0 Å². The van der Waals surface area contributed by atoms with Crippen LogP contribution in [0.4, 0.5) is 0 Å². The maximum atomic E-state index is 13.0. The molecule has 0 fully saturated rings. The van der Waals surface area contributed by atoms with Crippen LogP contribution in [-0.4, -0.2) is 25.8 Å².